The summed E-state index contributed by atoms with van der Waals surface area (Å²) in [6, 6.07) is 6.27. The van der Waals surface area contributed by atoms with Crippen LogP contribution in [0.2, 0.25) is 0 Å². The minimum Gasteiger partial charge on any atom is -0.381 e. The van der Waals surface area contributed by atoms with Gasteiger partial charge in [-0.05, 0) is 68.3 Å². The van der Waals surface area contributed by atoms with Crippen molar-refractivity contribution in [3.8, 4) is 0 Å². The van der Waals surface area contributed by atoms with Crippen LogP contribution in [0.4, 0.5) is 5.69 Å². The Hall–Kier alpha value is -2.41. The van der Waals surface area contributed by atoms with E-state index in [2.05, 4.69) is 22.0 Å². The number of amides is 3. The maximum Gasteiger partial charge on any atom is 0.255 e. The van der Waals surface area contributed by atoms with Crippen LogP contribution in [0.5, 0.6) is 0 Å². The van der Waals surface area contributed by atoms with Crippen molar-refractivity contribution in [2.45, 2.75) is 95.3 Å². The first kappa shape index (κ1) is 22.4. The molecular weight excluding hydrogens is 416 g/mol. The van der Waals surface area contributed by atoms with Crippen LogP contribution in [0.1, 0.15) is 86.6 Å². The predicted molar refractivity (Wildman–Crippen MR) is 127 cm³/mol. The maximum atomic E-state index is 12.9. The predicted octanol–water partition coefficient (Wildman–Crippen LogP) is 3.34. The third kappa shape index (κ3) is 4.93. The van der Waals surface area contributed by atoms with Crippen molar-refractivity contribution in [2.24, 2.45) is 5.92 Å². The van der Waals surface area contributed by atoms with E-state index in [0.29, 0.717) is 30.6 Å². The van der Waals surface area contributed by atoms with Gasteiger partial charge < -0.3 is 15.5 Å². The Labute approximate surface area is 196 Å². The van der Waals surface area contributed by atoms with Gasteiger partial charge in [0.1, 0.15) is 6.04 Å². The molecule has 3 fully saturated rings. The van der Waals surface area contributed by atoms with Gasteiger partial charge in [-0.25, -0.2) is 0 Å². The van der Waals surface area contributed by atoms with E-state index in [1.807, 2.05) is 12.1 Å². The monoisotopic (exact) mass is 452 g/mol. The van der Waals surface area contributed by atoms with Crippen molar-refractivity contribution in [3.05, 3.63) is 29.3 Å². The quantitative estimate of drug-likeness (QED) is 0.576. The van der Waals surface area contributed by atoms with E-state index >= 15 is 0 Å². The molecule has 33 heavy (non-hydrogen) atoms. The van der Waals surface area contributed by atoms with Crippen LogP contribution in [-0.4, -0.2) is 47.3 Å². The molecule has 0 spiro atoms. The lowest BCUT2D eigenvalue weighted by Crippen LogP contribution is -2.52. The number of carbonyl (C=O) groups excluding carboxylic acids is 3. The lowest BCUT2D eigenvalue weighted by molar-refractivity contribution is -0.136. The fraction of sp³-hybridized carbons (Fsp3) is 0.654. The molecule has 178 valence electrons. The van der Waals surface area contributed by atoms with Crippen molar-refractivity contribution in [1.82, 2.24) is 15.5 Å². The average molecular weight is 453 g/mol. The van der Waals surface area contributed by atoms with E-state index in [9.17, 15) is 14.4 Å². The van der Waals surface area contributed by atoms with Crippen LogP contribution in [0.3, 0.4) is 0 Å². The number of carbonyl (C=O) groups is 3. The molecule has 0 radical (unpaired) electrons. The SMILES string of the molecule is O=C1CCC(N2Cc3cc(NC4CCCCC4NCC4CCCCC4)ccc3C2=O)C(=O)N1. The van der Waals surface area contributed by atoms with E-state index in [4.69, 9.17) is 0 Å². The molecule has 3 amide bonds. The van der Waals surface area contributed by atoms with Crippen LogP contribution in [0.15, 0.2) is 18.2 Å². The number of nitrogens with zero attached hydrogens (tertiary/aromatic N) is 1. The summed E-state index contributed by atoms with van der Waals surface area (Å²) in [6.45, 7) is 1.55. The number of fused-ring (bicyclic) bond motifs is 1. The molecule has 3 N–H and O–H groups in total. The summed E-state index contributed by atoms with van der Waals surface area (Å²) in [5.41, 5.74) is 2.67. The second-order valence-electron chi connectivity index (χ2n) is 10.3. The normalized spacial score (nSPS) is 28.5. The Balaban J connectivity index is 1.22. The molecule has 7 nitrogen and oxygen atoms in total. The zero-order chi connectivity index (χ0) is 22.8. The van der Waals surface area contributed by atoms with Gasteiger partial charge in [-0.3, -0.25) is 19.7 Å². The van der Waals surface area contributed by atoms with Gasteiger partial charge >= 0.3 is 0 Å². The van der Waals surface area contributed by atoms with Crippen molar-refractivity contribution in [2.75, 3.05) is 11.9 Å². The molecule has 3 atom stereocenters. The molecule has 1 aromatic rings. The molecule has 4 aliphatic rings. The number of imide groups is 1. The summed E-state index contributed by atoms with van der Waals surface area (Å²) in [5.74, 6) is 0.0900. The third-order valence-electron chi connectivity index (χ3n) is 8.04. The molecular formula is C26H36N4O3. The number of piperidine rings is 1. The van der Waals surface area contributed by atoms with Crippen molar-refractivity contribution in [3.63, 3.8) is 0 Å². The highest BCUT2D eigenvalue weighted by Crippen LogP contribution is 2.31. The van der Waals surface area contributed by atoms with Crippen LogP contribution >= 0.6 is 0 Å². The molecule has 2 saturated carbocycles. The molecule has 1 saturated heterocycles. The Kier molecular flexibility index (Phi) is 6.67. The average Bonchev–Trinajstić information content (AvgIpc) is 3.14. The molecule has 5 rings (SSSR count). The van der Waals surface area contributed by atoms with Crippen LogP contribution in [-0.2, 0) is 16.1 Å². The molecule has 2 aliphatic heterocycles. The van der Waals surface area contributed by atoms with E-state index in [1.165, 1.54) is 51.4 Å². The number of hydrogen-bond donors (Lipinski definition) is 3. The topological polar surface area (TPSA) is 90.5 Å². The molecule has 2 heterocycles. The molecule has 0 aromatic heterocycles. The maximum absolute atomic E-state index is 12.9. The van der Waals surface area contributed by atoms with E-state index in [1.54, 1.807) is 4.90 Å². The van der Waals surface area contributed by atoms with Gasteiger partial charge in [-0.1, -0.05) is 32.1 Å². The summed E-state index contributed by atoms with van der Waals surface area (Å²) in [7, 11) is 0. The second-order valence-corrected chi connectivity index (χ2v) is 10.3. The third-order valence-corrected chi connectivity index (χ3v) is 8.04. The fourth-order valence-corrected chi connectivity index (χ4v) is 6.14. The van der Waals surface area contributed by atoms with Crippen LogP contribution < -0.4 is 16.0 Å². The Bertz CT molecular complexity index is 911. The number of nitrogens with one attached hydrogen (secondary N) is 3. The summed E-state index contributed by atoms with van der Waals surface area (Å²) in [4.78, 5) is 38.3. The van der Waals surface area contributed by atoms with Gasteiger partial charge in [-0.15, -0.1) is 0 Å². The number of benzene rings is 1. The Morgan fingerprint density at radius 3 is 2.45 bits per heavy atom. The van der Waals surface area contributed by atoms with Gasteiger partial charge in [0.05, 0.1) is 0 Å². The lowest BCUT2D eigenvalue weighted by Gasteiger charge is -2.35. The van der Waals surface area contributed by atoms with E-state index < -0.39 is 6.04 Å². The Morgan fingerprint density at radius 1 is 0.909 bits per heavy atom. The highest BCUT2D eigenvalue weighted by Gasteiger charge is 2.39. The lowest BCUT2D eigenvalue weighted by atomic mass is 9.87. The van der Waals surface area contributed by atoms with E-state index in [-0.39, 0.29) is 24.1 Å². The minimum absolute atomic E-state index is 0.115. The highest BCUT2D eigenvalue weighted by molar-refractivity contribution is 6.05. The molecule has 1 aromatic carbocycles. The fourth-order valence-electron chi connectivity index (χ4n) is 6.14. The Morgan fingerprint density at radius 2 is 1.67 bits per heavy atom. The molecule has 2 aliphatic carbocycles. The summed E-state index contributed by atoms with van der Waals surface area (Å²) in [6.07, 6.45) is 12.4. The highest BCUT2D eigenvalue weighted by atomic mass is 16.2. The molecule has 0 bridgehead atoms. The summed E-state index contributed by atoms with van der Waals surface area (Å²) < 4.78 is 0. The van der Waals surface area contributed by atoms with Crippen molar-refractivity contribution >= 4 is 23.4 Å². The zero-order valence-electron chi connectivity index (χ0n) is 19.4. The van der Waals surface area contributed by atoms with Gasteiger partial charge in [0.2, 0.25) is 11.8 Å². The number of hydrogen-bond acceptors (Lipinski definition) is 5. The summed E-state index contributed by atoms with van der Waals surface area (Å²) in [5, 5.41) is 10.0. The first-order valence-corrected chi connectivity index (χ1v) is 12.9. The van der Waals surface area contributed by atoms with E-state index in [0.717, 1.165) is 30.1 Å². The first-order valence-electron chi connectivity index (χ1n) is 12.9. The largest absolute Gasteiger partial charge is 0.381 e. The van der Waals surface area contributed by atoms with Gasteiger partial charge in [-0.2, -0.15) is 0 Å². The number of anilines is 1. The molecule has 7 heteroatoms. The second kappa shape index (κ2) is 9.84. The minimum atomic E-state index is -0.564. The first-order chi connectivity index (χ1) is 16.1. The van der Waals surface area contributed by atoms with Gasteiger partial charge in [0.25, 0.3) is 5.91 Å². The smallest absolute Gasteiger partial charge is 0.255 e. The number of rotatable bonds is 6. The summed E-state index contributed by atoms with van der Waals surface area (Å²) >= 11 is 0. The van der Waals surface area contributed by atoms with Gasteiger partial charge in [0.15, 0.2) is 0 Å². The van der Waals surface area contributed by atoms with Gasteiger partial charge in [0, 0.05) is 36.3 Å². The van der Waals surface area contributed by atoms with Crippen LogP contribution in [0.25, 0.3) is 0 Å². The van der Waals surface area contributed by atoms with Crippen LogP contribution in [0, 0.1) is 5.92 Å². The van der Waals surface area contributed by atoms with Crippen molar-refractivity contribution < 1.29 is 14.4 Å². The zero-order valence-corrected chi connectivity index (χ0v) is 19.4. The molecule has 3 unspecified atom stereocenters. The van der Waals surface area contributed by atoms with Crippen molar-refractivity contribution in [1.29, 1.82) is 0 Å². The standard InChI is InChI=1S/C26H36N4O3/c31-24-13-12-23(25(32)29-24)30-16-18-14-19(10-11-20(18)26(30)33)28-22-9-5-4-8-21(22)27-15-17-6-2-1-3-7-17/h10-11,14,17,21-23,27-28H,1-9,12-13,15-16H2,(H,29,31,32).